The molecule has 138 valence electrons. The average Bonchev–Trinajstić information content (AvgIpc) is 2.65. The van der Waals surface area contributed by atoms with Crippen LogP contribution < -0.4 is 14.4 Å². The van der Waals surface area contributed by atoms with Gasteiger partial charge < -0.3 is 14.4 Å². The number of benzene rings is 2. The third kappa shape index (κ3) is 3.99. The smallest absolute Gasteiger partial charge is 0.241 e. The summed E-state index contributed by atoms with van der Waals surface area (Å²) in [6, 6.07) is 14.2. The van der Waals surface area contributed by atoms with Crippen molar-refractivity contribution in [1.82, 2.24) is 4.90 Å². The van der Waals surface area contributed by atoms with Crippen molar-refractivity contribution >= 4 is 11.6 Å². The molecule has 0 aromatic heterocycles. The Labute approximate surface area is 155 Å². The molecular formula is C21H26N2O3. The molecule has 1 amide bonds. The molecule has 1 aliphatic rings. The van der Waals surface area contributed by atoms with E-state index in [4.69, 9.17) is 9.47 Å². The van der Waals surface area contributed by atoms with Crippen LogP contribution >= 0.6 is 0 Å². The number of carbonyl (C=O) groups is 1. The zero-order chi connectivity index (χ0) is 18.7. The summed E-state index contributed by atoms with van der Waals surface area (Å²) in [5, 5.41) is 0. The van der Waals surface area contributed by atoms with E-state index >= 15 is 0 Å². The average molecular weight is 354 g/mol. The number of anilines is 1. The van der Waals surface area contributed by atoms with E-state index in [2.05, 4.69) is 18.7 Å². The quantitative estimate of drug-likeness (QED) is 0.827. The second-order valence-corrected chi connectivity index (χ2v) is 6.81. The highest BCUT2D eigenvalue weighted by Crippen LogP contribution is 2.26. The van der Waals surface area contributed by atoms with E-state index in [0.29, 0.717) is 19.6 Å². The summed E-state index contributed by atoms with van der Waals surface area (Å²) in [7, 11) is 3.29. The summed E-state index contributed by atoms with van der Waals surface area (Å²) in [5.74, 6) is 1.65. The summed E-state index contributed by atoms with van der Waals surface area (Å²) in [4.78, 5) is 16.8. The van der Waals surface area contributed by atoms with Crippen molar-refractivity contribution in [2.75, 3.05) is 32.2 Å². The predicted molar refractivity (Wildman–Crippen MR) is 103 cm³/mol. The van der Waals surface area contributed by atoms with Crippen molar-refractivity contribution in [1.29, 1.82) is 0 Å². The Kier molecular flexibility index (Phi) is 5.47. The Morgan fingerprint density at radius 3 is 2.23 bits per heavy atom. The Bertz CT molecular complexity index is 751. The van der Waals surface area contributed by atoms with E-state index in [1.807, 2.05) is 47.4 Å². The predicted octanol–water partition coefficient (Wildman–Crippen LogP) is 3.25. The Balaban J connectivity index is 1.74. The molecule has 0 aliphatic carbocycles. The van der Waals surface area contributed by atoms with Crippen LogP contribution in [0.4, 0.5) is 5.69 Å². The topological polar surface area (TPSA) is 42.0 Å². The Morgan fingerprint density at radius 1 is 1.04 bits per heavy atom. The van der Waals surface area contributed by atoms with Crippen LogP contribution in [0.3, 0.4) is 0 Å². The van der Waals surface area contributed by atoms with Crippen molar-refractivity contribution in [2.24, 2.45) is 0 Å². The summed E-state index contributed by atoms with van der Waals surface area (Å²) in [6.45, 7) is 5.97. The van der Waals surface area contributed by atoms with E-state index in [-0.39, 0.29) is 11.9 Å². The van der Waals surface area contributed by atoms with Gasteiger partial charge in [0.1, 0.15) is 11.5 Å². The third-order valence-electron chi connectivity index (χ3n) is 4.85. The zero-order valence-corrected chi connectivity index (χ0v) is 15.9. The third-order valence-corrected chi connectivity index (χ3v) is 4.85. The number of aryl methyl sites for hydroxylation is 1. The fourth-order valence-electron chi connectivity index (χ4n) is 3.27. The minimum atomic E-state index is 0.127. The number of piperazine rings is 1. The molecule has 0 spiro atoms. The molecule has 1 atom stereocenters. The first-order chi connectivity index (χ1) is 12.5. The van der Waals surface area contributed by atoms with Gasteiger partial charge in [-0.3, -0.25) is 9.69 Å². The van der Waals surface area contributed by atoms with Crippen LogP contribution in [-0.4, -0.2) is 44.2 Å². The molecule has 5 heteroatoms. The minimum absolute atomic E-state index is 0.127. The molecule has 2 aromatic carbocycles. The molecule has 1 fully saturated rings. The highest BCUT2D eigenvalue weighted by molar-refractivity contribution is 5.95. The minimum Gasteiger partial charge on any atom is -0.497 e. The summed E-state index contributed by atoms with van der Waals surface area (Å²) in [6.07, 6.45) is 0. The van der Waals surface area contributed by atoms with Gasteiger partial charge >= 0.3 is 0 Å². The van der Waals surface area contributed by atoms with Crippen LogP contribution in [0.5, 0.6) is 11.5 Å². The molecule has 1 aliphatic heterocycles. The normalized spacial score (nSPS) is 18.1. The molecular weight excluding hydrogens is 328 g/mol. The van der Waals surface area contributed by atoms with Crippen molar-refractivity contribution < 1.29 is 14.3 Å². The molecule has 3 rings (SSSR count). The first-order valence-electron chi connectivity index (χ1n) is 8.83. The summed E-state index contributed by atoms with van der Waals surface area (Å²) in [5.41, 5.74) is 3.24. The summed E-state index contributed by atoms with van der Waals surface area (Å²) >= 11 is 0. The van der Waals surface area contributed by atoms with Crippen molar-refractivity contribution in [3.05, 3.63) is 53.6 Å². The van der Waals surface area contributed by atoms with E-state index in [9.17, 15) is 4.79 Å². The zero-order valence-electron chi connectivity index (χ0n) is 15.9. The number of nitrogens with zero attached hydrogens (tertiary/aromatic N) is 2. The van der Waals surface area contributed by atoms with E-state index in [0.717, 1.165) is 22.7 Å². The van der Waals surface area contributed by atoms with Crippen molar-refractivity contribution in [2.45, 2.75) is 26.4 Å². The van der Waals surface area contributed by atoms with Gasteiger partial charge in [-0.1, -0.05) is 17.7 Å². The van der Waals surface area contributed by atoms with Gasteiger partial charge in [-0.2, -0.15) is 0 Å². The van der Waals surface area contributed by atoms with Crippen LogP contribution in [0.15, 0.2) is 42.5 Å². The van der Waals surface area contributed by atoms with Gasteiger partial charge in [0.15, 0.2) is 0 Å². The van der Waals surface area contributed by atoms with E-state index < -0.39 is 0 Å². The van der Waals surface area contributed by atoms with Crippen LogP contribution in [-0.2, 0) is 11.3 Å². The maximum atomic E-state index is 12.7. The van der Waals surface area contributed by atoms with E-state index in [1.165, 1.54) is 5.56 Å². The van der Waals surface area contributed by atoms with Gasteiger partial charge in [0.2, 0.25) is 5.91 Å². The molecule has 5 nitrogen and oxygen atoms in total. The second-order valence-electron chi connectivity index (χ2n) is 6.81. The van der Waals surface area contributed by atoms with Gasteiger partial charge in [0, 0.05) is 30.9 Å². The van der Waals surface area contributed by atoms with Crippen LogP contribution in [0, 0.1) is 6.92 Å². The number of hydrogen-bond acceptors (Lipinski definition) is 4. The lowest BCUT2D eigenvalue weighted by Crippen LogP contribution is -2.54. The number of methoxy groups -OCH3 is 2. The standard InChI is InChI=1S/C21H26N2O3/c1-15-5-7-18(8-6-15)23-12-16(2)22(14-21(23)24)13-17-9-19(25-3)11-20(10-17)26-4/h5-11,16H,12-14H2,1-4H3/t16-/m0/s1. The second kappa shape index (κ2) is 7.79. The maximum absolute atomic E-state index is 12.7. The van der Waals surface area contributed by atoms with E-state index in [1.54, 1.807) is 14.2 Å². The molecule has 1 saturated heterocycles. The fraction of sp³-hybridized carbons (Fsp3) is 0.381. The summed E-state index contributed by atoms with van der Waals surface area (Å²) < 4.78 is 10.7. The molecule has 0 bridgehead atoms. The number of rotatable bonds is 5. The monoisotopic (exact) mass is 354 g/mol. The van der Waals surface area contributed by atoms with Crippen molar-refractivity contribution in [3.63, 3.8) is 0 Å². The van der Waals surface area contributed by atoms with Crippen LogP contribution in [0.2, 0.25) is 0 Å². The first kappa shape index (κ1) is 18.3. The number of amides is 1. The van der Waals surface area contributed by atoms with Gasteiger partial charge in [-0.15, -0.1) is 0 Å². The van der Waals surface area contributed by atoms with Gasteiger partial charge in [0.25, 0.3) is 0 Å². The Morgan fingerprint density at radius 2 is 1.65 bits per heavy atom. The highest BCUT2D eigenvalue weighted by Gasteiger charge is 2.30. The Hall–Kier alpha value is -2.53. The SMILES string of the molecule is COc1cc(CN2CC(=O)N(c3ccc(C)cc3)C[C@@H]2C)cc(OC)c1. The number of ether oxygens (including phenoxy) is 2. The number of hydrogen-bond donors (Lipinski definition) is 0. The van der Waals surface area contributed by atoms with Gasteiger partial charge in [-0.05, 0) is 43.7 Å². The molecule has 0 saturated carbocycles. The number of carbonyl (C=O) groups excluding carboxylic acids is 1. The lowest BCUT2D eigenvalue weighted by molar-refractivity contribution is -0.122. The van der Waals surface area contributed by atoms with Gasteiger partial charge in [-0.25, -0.2) is 0 Å². The fourth-order valence-corrected chi connectivity index (χ4v) is 3.27. The van der Waals surface area contributed by atoms with Crippen molar-refractivity contribution in [3.8, 4) is 11.5 Å². The molecule has 1 heterocycles. The molecule has 0 unspecified atom stereocenters. The molecule has 0 radical (unpaired) electrons. The first-order valence-corrected chi connectivity index (χ1v) is 8.83. The highest BCUT2D eigenvalue weighted by atomic mass is 16.5. The van der Waals surface area contributed by atoms with Crippen LogP contribution in [0.25, 0.3) is 0 Å². The largest absolute Gasteiger partial charge is 0.497 e. The molecule has 2 aromatic rings. The lowest BCUT2D eigenvalue weighted by Gasteiger charge is -2.39. The lowest BCUT2D eigenvalue weighted by atomic mass is 10.1. The molecule has 0 N–H and O–H groups in total. The van der Waals surface area contributed by atoms with Gasteiger partial charge in [0.05, 0.1) is 20.8 Å². The van der Waals surface area contributed by atoms with Crippen LogP contribution in [0.1, 0.15) is 18.1 Å². The maximum Gasteiger partial charge on any atom is 0.241 e. The molecule has 26 heavy (non-hydrogen) atoms.